The van der Waals surface area contributed by atoms with Crippen LogP contribution in [0.1, 0.15) is 38.5 Å². The van der Waals surface area contributed by atoms with Crippen LogP contribution in [-0.2, 0) is 4.79 Å². The Balaban J connectivity index is 1.56. The molecule has 4 bridgehead atoms. The second-order valence-corrected chi connectivity index (χ2v) is 6.82. The van der Waals surface area contributed by atoms with Crippen LogP contribution in [0, 0.1) is 29.2 Å². The number of ether oxygens (including phenoxy) is 1. The summed E-state index contributed by atoms with van der Waals surface area (Å²) in [5.41, 5.74) is -0.158. The highest BCUT2D eigenvalue weighted by Gasteiger charge is 2.55. The second kappa shape index (κ2) is 4.09. The molecule has 1 aromatic rings. The zero-order valence-corrected chi connectivity index (χ0v) is 11.1. The summed E-state index contributed by atoms with van der Waals surface area (Å²) in [6.07, 6.45) is 7.26. The van der Waals surface area contributed by atoms with E-state index in [-0.39, 0.29) is 11.4 Å². The van der Waals surface area contributed by atoms with Gasteiger partial charge in [-0.1, -0.05) is 12.1 Å². The molecule has 2 heteroatoms. The third-order valence-corrected chi connectivity index (χ3v) is 5.37. The average Bonchev–Trinajstić information content (AvgIpc) is 2.38. The van der Waals surface area contributed by atoms with Gasteiger partial charge in [-0.3, -0.25) is 4.79 Å². The quantitative estimate of drug-likeness (QED) is 0.596. The lowest BCUT2D eigenvalue weighted by molar-refractivity contribution is -0.161. The summed E-state index contributed by atoms with van der Waals surface area (Å²) < 4.78 is 5.64. The van der Waals surface area contributed by atoms with Crippen LogP contribution in [0.15, 0.2) is 24.3 Å². The maximum atomic E-state index is 12.6. The fourth-order valence-corrected chi connectivity index (χ4v) is 5.02. The maximum Gasteiger partial charge on any atom is 0.317 e. The van der Waals surface area contributed by atoms with Crippen molar-refractivity contribution < 1.29 is 9.53 Å². The van der Waals surface area contributed by atoms with Crippen molar-refractivity contribution in [2.24, 2.45) is 23.2 Å². The van der Waals surface area contributed by atoms with Gasteiger partial charge >= 0.3 is 5.97 Å². The summed E-state index contributed by atoms with van der Waals surface area (Å²) in [7, 11) is 0. The molecule has 4 aliphatic rings. The molecule has 0 spiro atoms. The van der Waals surface area contributed by atoms with E-state index in [1.54, 1.807) is 12.1 Å². The lowest BCUT2D eigenvalue weighted by Crippen LogP contribution is -2.51. The molecule has 0 saturated heterocycles. The van der Waals surface area contributed by atoms with Crippen LogP contribution < -0.4 is 4.74 Å². The normalized spacial score (nSPS) is 39.3. The number of esters is 1. The van der Waals surface area contributed by atoms with E-state index in [2.05, 4.69) is 6.07 Å². The van der Waals surface area contributed by atoms with Gasteiger partial charge in [-0.05, 0) is 74.5 Å². The summed E-state index contributed by atoms with van der Waals surface area (Å²) in [4.78, 5) is 12.6. The molecule has 99 valence electrons. The molecule has 0 amide bonds. The Morgan fingerprint density at radius 2 is 1.58 bits per heavy atom. The van der Waals surface area contributed by atoms with E-state index in [1.165, 1.54) is 19.3 Å². The summed E-state index contributed by atoms with van der Waals surface area (Å²) in [5.74, 6) is 3.03. The largest absolute Gasteiger partial charge is 0.426 e. The number of carbonyl (C=O) groups excluding carboxylic acids is 1. The van der Waals surface area contributed by atoms with Crippen molar-refractivity contribution in [1.82, 2.24) is 0 Å². The molecule has 4 fully saturated rings. The number of hydrogen-bond donors (Lipinski definition) is 0. The molecule has 1 aromatic carbocycles. The minimum Gasteiger partial charge on any atom is -0.426 e. The topological polar surface area (TPSA) is 26.3 Å². The van der Waals surface area contributed by atoms with Gasteiger partial charge in [0.05, 0.1) is 5.41 Å². The molecule has 0 atom stereocenters. The van der Waals surface area contributed by atoms with Crippen molar-refractivity contribution in [3.63, 3.8) is 0 Å². The van der Waals surface area contributed by atoms with Crippen molar-refractivity contribution in [3.05, 3.63) is 30.3 Å². The molecule has 4 saturated carbocycles. The van der Waals surface area contributed by atoms with Crippen LogP contribution in [0.4, 0.5) is 0 Å². The number of rotatable bonds is 2. The molecular formula is C17H19O2. The molecular weight excluding hydrogens is 236 g/mol. The Kier molecular flexibility index (Phi) is 2.48. The van der Waals surface area contributed by atoms with E-state index >= 15 is 0 Å². The lowest BCUT2D eigenvalue weighted by atomic mass is 9.49. The molecule has 2 nitrogen and oxygen atoms in total. The van der Waals surface area contributed by atoms with E-state index in [0.717, 1.165) is 37.0 Å². The first-order chi connectivity index (χ1) is 9.23. The van der Waals surface area contributed by atoms with Gasteiger partial charge in [0.2, 0.25) is 0 Å². The Labute approximate surface area is 114 Å². The van der Waals surface area contributed by atoms with Gasteiger partial charge in [-0.2, -0.15) is 0 Å². The third kappa shape index (κ3) is 1.89. The SMILES string of the molecule is O=C(Oc1cc[c]cc1)C12CC3CC(CC(C3)C1)C2. The molecule has 0 heterocycles. The second-order valence-electron chi connectivity index (χ2n) is 6.82. The number of carbonyl (C=O) groups is 1. The molecule has 1 radical (unpaired) electrons. The summed E-state index contributed by atoms with van der Waals surface area (Å²) in [5, 5.41) is 0. The third-order valence-electron chi connectivity index (χ3n) is 5.37. The van der Waals surface area contributed by atoms with Crippen molar-refractivity contribution in [3.8, 4) is 5.75 Å². The van der Waals surface area contributed by atoms with Crippen LogP contribution >= 0.6 is 0 Å². The standard InChI is InChI=1S/C17H19O2/c18-16(19-15-4-2-1-3-5-15)17-9-12-6-13(10-17)8-14(7-12)11-17/h2-5,12-14H,6-11H2. The maximum absolute atomic E-state index is 12.6. The molecule has 4 aliphatic carbocycles. The summed E-state index contributed by atoms with van der Waals surface area (Å²) in [6, 6.07) is 10.2. The monoisotopic (exact) mass is 255 g/mol. The zero-order chi connectivity index (χ0) is 12.9. The summed E-state index contributed by atoms with van der Waals surface area (Å²) in [6.45, 7) is 0. The predicted octanol–water partition coefficient (Wildman–Crippen LogP) is 3.61. The molecule has 19 heavy (non-hydrogen) atoms. The first kappa shape index (κ1) is 11.5. The van der Waals surface area contributed by atoms with E-state index in [4.69, 9.17) is 4.74 Å². The van der Waals surface area contributed by atoms with Gasteiger partial charge in [0.1, 0.15) is 5.75 Å². The molecule has 5 rings (SSSR count). The molecule has 0 unspecified atom stereocenters. The van der Waals surface area contributed by atoms with Gasteiger partial charge in [-0.15, -0.1) is 0 Å². The summed E-state index contributed by atoms with van der Waals surface area (Å²) >= 11 is 0. The van der Waals surface area contributed by atoms with E-state index in [0.29, 0.717) is 5.75 Å². The van der Waals surface area contributed by atoms with Crippen LogP contribution in [0.3, 0.4) is 0 Å². The van der Waals surface area contributed by atoms with E-state index in [9.17, 15) is 4.79 Å². The minimum absolute atomic E-state index is 0.0257. The molecule has 0 aromatic heterocycles. The van der Waals surface area contributed by atoms with Gasteiger partial charge in [0.25, 0.3) is 0 Å². The van der Waals surface area contributed by atoms with Crippen LogP contribution in [0.25, 0.3) is 0 Å². The fraction of sp³-hybridized carbons (Fsp3) is 0.588. The van der Waals surface area contributed by atoms with E-state index < -0.39 is 0 Å². The van der Waals surface area contributed by atoms with Crippen LogP contribution in [0.2, 0.25) is 0 Å². The Bertz CT molecular complexity index is 456. The van der Waals surface area contributed by atoms with Crippen molar-refractivity contribution in [2.45, 2.75) is 38.5 Å². The molecule has 0 N–H and O–H groups in total. The first-order valence-corrected chi connectivity index (χ1v) is 7.42. The van der Waals surface area contributed by atoms with Crippen molar-refractivity contribution in [2.75, 3.05) is 0 Å². The Morgan fingerprint density at radius 3 is 2.11 bits per heavy atom. The van der Waals surface area contributed by atoms with E-state index in [1.807, 2.05) is 12.1 Å². The van der Waals surface area contributed by atoms with Gasteiger partial charge < -0.3 is 4.74 Å². The minimum atomic E-state index is -0.158. The highest BCUT2D eigenvalue weighted by Crippen LogP contribution is 2.60. The van der Waals surface area contributed by atoms with Crippen LogP contribution in [-0.4, -0.2) is 5.97 Å². The Hall–Kier alpha value is -1.31. The van der Waals surface area contributed by atoms with Gasteiger partial charge in [0.15, 0.2) is 0 Å². The zero-order valence-electron chi connectivity index (χ0n) is 11.1. The lowest BCUT2D eigenvalue weighted by Gasteiger charge is -2.55. The van der Waals surface area contributed by atoms with Crippen molar-refractivity contribution in [1.29, 1.82) is 0 Å². The van der Waals surface area contributed by atoms with Crippen LogP contribution in [0.5, 0.6) is 5.75 Å². The predicted molar refractivity (Wildman–Crippen MR) is 71.5 cm³/mol. The van der Waals surface area contributed by atoms with Crippen molar-refractivity contribution >= 4 is 5.97 Å². The first-order valence-electron chi connectivity index (χ1n) is 7.42. The fourth-order valence-electron chi connectivity index (χ4n) is 5.02. The average molecular weight is 255 g/mol. The smallest absolute Gasteiger partial charge is 0.317 e. The highest BCUT2D eigenvalue weighted by molar-refractivity contribution is 5.79. The highest BCUT2D eigenvalue weighted by atomic mass is 16.5. The number of hydrogen-bond acceptors (Lipinski definition) is 2. The number of benzene rings is 1. The van der Waals surface area contributed by atoms with Gasteiger partial charge in [0, 0.05) is 0 Å². The Morgan fingerprint density at radius 1 is 1.05 bits per heavy atom. The van der Waals surface area contributed by atoms with Gasteiger partial charge in [-0.25, -0.2) is 0 Å². The molecule has 0 aliphatic heterocycles.